The fraction of sp³-hybridized carbons (Fsp3) is 1.00. The summed E-state index contributed by atoms with van der Waals surface area (Å²) in [6.45, 7) is 2.60. The number of hydrogen-bond donors (Lipinski definition) is 0. The van der Waals surface area contributed by atoms with Gasteiger partial charge in [-0.3, -0.25) is 0 Å². The van der Waals surface area contributed by atoms with E-state index in [1.54, 1.807) is 32.1 Å². The molecule has 0 amide bonds. The third-order valence-corrected chi connectivity index (χ3v) is 10.5. The van der Waals surface area contributed by atoms with Crippen molar-refractivity contribution in [3.05, 3.63) is 0 Å². The van der Waals surface area contributed by atoms with Gasteiger partial charge in [-0.2, -0.15) is 0 Å². The maximum atomic E-state index is 2.60. The topological polar surface area (TPSA) is 0 Å². The third-order valence-electron chi connectivity index (χ3n) is 6.80. The first-order valence-electron chi connectivity index (χ1n) is 7.08. The van der Waals surface area contributed by atoms with Gasteiger partial charge in [-0.25, -0.2) is 0 Å². The highest BCUT2D eigenvalue weighted by molar-refractivity contribution is 8.19. The summed E-state index contributed by atoms with van der Waals surface area (Å²) in [5, 5.41) is 2.19. The highest BCUT2D eigenvalue weighted by atomic mass is 32.2. The van der Waals surface area contributed by atoms with Crippen LogP contribution in [-0.2, 0) is 0 Å². The molecule has 0 aromatic carbocycles. The van der Waals surface area contributed by atoms with Crippen LogP contribution in [0.25, 0.3) is 0 Å². The highest BCUT2D eigenvalue weighted by Gasteiger charge is 2.67. The molecule has 5 fully saturated rings. The van der Waals surface area contributed by atoms with Crippen molar-refractivity contribution in [3.63, 3.8) is 0 Å². The second-order valence-electron chi connectivity index (χ2n) is 7.05. The van der Waals surface area contributed by atoms with Gasteiger partial charge in [-0.1, -0.05) is 6.92 Å². The lowest BCUT2D eigenvalue weighted by molar-refractivity contribution is -0.136. The van der Waals surface area contributed by atoms with Gasteiger partial charge in [0, 0.05) is 10.5 Å². The lowest BCUT2D eigenvalue weighted by atomic mass is 9.41. The number of thioether (sulfide) groups is 2. The normalized spacial score (nSPS) is 69.9. The van der Waals surface area contributed by atoms with Crippen LogP contribution in [-0.4, -0.2) is 15.1 Å². The Morgan fingerprint density at radius 3 is 2.62 bits per heavy atom. The Morgan fingerprint density at radius 2 is 2.06 bits per heavy atom. The van der Waals surface area contributed by atoms with Crippen LogP contribution in [0.1, 0.15) is 39.0 Å². The molecule has 8 atom stereocenters. The molecule has 5 rings (SSSR count). The number of hydrogen-bond acceptors (Lipinski definition) is 2. The first-order chi connectivity index (χ1) is 7.77. The average molecular weight is 252 g/mol. The molecule has 6 unspecified atom stereocenters. The zero-order chi connectivity index (χ0) is 10.5. The van der Waals surface area contributed by atoms with E-state index in [-0.39, 0.29) is 0 Å². The molecule has 5 aliphatic rings. The van der Waals surface area contributed by atoms with Gasteiger partial charge in [0.2, 0.25) is 0 Å². The molecule has 0 spiro atoms. The molecular weight excluding hydrogens is 232 g/mol. The molecule has 0 nitrogen and oxygen atoms in total. The van der Waals surface area contributed by atoms with E-state index in [0.29, 0.717) is 0 Å². The zero-order valence-corrected chi connectivity index (χ0v) is 11.5. The minimum atomic E-state index is 0.815. The Balaban J connectivity index is 1.38. The lowest BCUT2D eigenvalue weighted by Gasteiger charge is -2.67. The molecule has 16 heavy (non-hydrogen) atoms. The number of rotatable bonds is 1. The Labute approximate surface area is 107 Å². The van der Waals surface area contributed by atoms with Crippen molar-refractivity contribution in [1.29, 1.82) is 0 Å². The molecule has 0 radical (unpaired) electrons. The van der Waals surface area contributed by atoms with E-state index in [4.69, 9.17) is 0 Å². The summed E-state index contributed by atoms with van der Waals surface area (Å²) in [6, 6.07) is 0. The van der Waals surface area contributed by atoms with E-state index in [0.717, 1.165) is 44.2 Å². The Hall–Kier alpha value is 0.700. The van der Waals surface area contributed by atoms with Crippen molar-refractivity contribution in [2.75, 3.05) is 0 Å². The van der Waals surface area contributed by atoms with Crippen molar-refractivity contribution in [1.82, 2.24) is 0 Å². The summed E-state index contributed by atoms with van der Waals surface area (Å²) in [5.74, 6) is 4.57. The number of fused-ring (bicyclic) bond motifs is 4. The maximum Gasteiger partial charge on any atom is 0.0550 e. The summed E-state index contributed by atoms with van der Waals surface area (Å²) in [4.78, 5) is 0. The maximum absolute atomic E-state index is 2.60. The molecular formula is C14H20S2. The van der Waals surface area contributed by atoms with Crippen molar-refractivity contribution in [2.45, 2.75) is 54.1 Å². The molecule has 3 saturated carbocycles. The van der Waals surface area contributed by atoms with Crippen molar-refractivity contribution >= 4 is 23.5 Å². The molecule has 88 valence electrons. The summed E-state index contributed by atoms with van der Waals surface area (Å²) >= 11 is 4.72. The summed E-state index contributed by atoms with van der Waals surface area (Å²) in [7, 11) is 0. The highest BCUT2D eigenvalue weighted by Crippen LogP contribution is 2.75. The minimum absolute atomic E-state index is 0.815. The predicted octanol–water partition coefficient (Wildman–Crippen LogP) is 4.01. The van der Waals surface area contributed by atoms with Crippen LogP contribution in [0.2, 0.25) is 0 Å². The van der Waals surface area contributed by atoms with Crippen LogP contribution in [0.15, 0.2) is 0 Å². The molecule has 0 N–H and O–H groups in total. The molecule has 2 saturated heterocycles. The lowest BCUT2D eigenvalue weighted by Crippen LogP contribution is -2.62. The van der Waals surface area contributed by atoms with Crippen molar-refractivity contribution in [3.8, 4) is 0 Å². The summed E-state index contributed by atoms with van der Waals surface area (Å²) in [6.07, 6.45) is 7.82. The Morgan fingerprint density at radius 1 is 1.12 bits per heavy atom. The van der Waals surface area contributed by atoms with Crippen molar-refractivity contribution < 1.29 is 0 Å². The standard InChI is InChI=1S/C14H20S2/c1-14-5-4-7(14)6-9(14)12-11-8-2-3-10(8)15-13(11)16-12/h7-13H,2-6H2,1H3/t7-,8?,9-,10?,11?,12?,13?,14?/m0/s1. The Kier molecular flexibility index (Phi) is 1.69. The molecule has 0 aromatic heterocycles. The third kappa shape index (κ3) is 0.889. The van der Waals surface area contributed by atoms with Gasteiger partial charge in [-0.15, -0.1) is 23.5 Å². The van der Waals surface area contributed by atoms with Gasteiger partial charge in [0.1, 0.15) is 0 Å². The SMILES string of the molecule is CC12CC[C@H]1C[C@H]2C1SC2SC3CCC3C21. The Bertz CT molecular complexity index is 353. The van der Waals surface area contributed by atoms with Gasteiger partial charge >= 0.3 is 0 Å². The van der Waals surface area contributed by atoms with E-state index < -0.39 is 0 Å². The monoisotopic (exact) mass is 252 g/mol. The first kappa shape index (κ1) is 9.61. The first-order valence-corrected chi connectivity index (χ1v) is 8.97. The van der Waals surface area contributed by atoms with Gasteiger partial charge in [0.25, 0.3) is 0 Å². The van der Waals surface area contributed by atoms with Crippen molar-refractivity contribution in [2.24, 2.45) is 29.1 Å². The second-order valence-corrected chi connectivity index (χ2v) is 10.1. The molecule has 2 aliphatic heterocycles. The molecule has 0 aromatic rings. The zero-order valence-electron chi connectivity index (χ0n) is 9.89. The van der Waals surface area contributed by atoms with Crippen LogP contribution in [0.5, 0.6) is 0 Å². The predicted molar refractivity (Wildman–Crippen MR) is 71.7 cm³/mol. The van der Waals surface area contributed by atoms with Gasteiger partial charge < -0.3 is 0 Å². The molecule has 0 bridgehead atoms. The van der Waals surface area contributed by atoms with E-state index >= 15 is 0 Å². The quantitative estimate of drug-likeness (QED) is 0.691. The van der Waals surface area contributed by atoms with Gasteiger partial charge in [0.05, 0.1) is 4.58 Å². The summed E-state index contributed by atoms with van der Waals surface area (Å²) < 4.78 is 1.03. The minimum Gasteiger partial charge on any atom is -0.144 e. The van der Waals surface area contributed by atoms with E-state index in [1.807, 2.05) is 0 Å². The van der Waals surface area contributed by atoms with Crippen LogP contribution in [0, 0.1) is 29.1 Å². The van der Waals surface area contributed by atoms with Gasteiger partial charge in [-0.05, 0) is 61.2 Å². The largest absolute Gasteiger partial charge is 0.144 e. The molecule has 2 heteroatoms. The summed E-state index contributed by atoms with van der Waals surface area (Å²) in [5.41, 5.74) is 0.815. The van der Waals surface area contributed by atoms with Crippen LogP contribution in [0.3, 0.4) is 0 Å². The molecule has 3 aliphatic carbocycles. The fourth-order valence-electron chi connectivity index (χ4n) is 5.21. The van der Waals surface area contributed by atoms with E-state index in [9.17, 15) is 0 Å². The second kappa shape index (κ2) is 2.82. The van der Waals surface area contributed by atoms with Crippen LogP contribution < -0.4 is 0 Å². The van der Waals surface area contributed by atoms with Crippen LogP contribution in [0.4, 0.5) is 0 Å². The fourth-order valence-corrected chi connectivity index (χ4v) is 9.81. The molecule has 2 heterocycles. The van der Waals surface area contributed by atoms with Crippen LogP contribution >= 0.6 is 23.5 Å². The smallest absolute Gasteiger partial charge is 0.0550 e. The average Bonchev–Trinajstić information content (AvgIpc) is 2.42. The van der Waals surface area contributed by atoms with E-state index in [1.165, 1.54) is 0 Å². The van der Waals surface area contributed by atoms with E-state index in [2.05, 4.69) is 30.4 Å². The van der Waals surface area contributed by atoms with Gasteiger partial charge in [0.15, 0.2) is 0 Å².